The van der Waals surface area contributed by atoms with Crippen LogP contribution in [0.3, 0.4) is 0 Å². The molecule has 1 fully saturated rings. The summed E-state index contributed by atoms with van der Waals surface area (Å²) in [7, 11) is -4.03. The molecule has 2 heterocycles. The third kappa shape index (κ3) is 4.06. The SMILES string of the molecule is Cc1nc(COC2CCN(S(=O)(=O)c3cc(F)cc([N+](=O)[O-])c3)C2)cs1. The van der Waals surface area contributed by atoms with E-state index < -0.39 is 31.3 Å². The zero-order chi connectivity index (χ0) is 18.9. The highest BCUT2D eigenvalue weighted by Gasteiger charge is 2.34. The Labute approximate surface area is 153 Å². The van der Waals surface area contributed by atoms with Crippen LogP contribution in [0.4, 0.5) is 10.1 Å². The predicted molar refractivity (Wildman–Crippen MR) is 91.9 cm³/mol. The summed E-state index contributed by atoms with van der Waals surface area (Å²) < 4.78 is 45.7. The highest BCUT2D eigenvalue weighted by Crippen LogP contribution is 2.26. The fraction of sp³-hybridized carbons (Fsp3) is 0.400. The summed E-state index contributed by atoms with van der Waals surface area (Å²) in [6.07, 6.45) is 0.176. The lowest BCUT2D eigenvalue weighted by atomic mass is 10.3. The Morgan fingerprint density at radius 1 is 1.46 bits per heavy atom. The quantitative estimate of drug-likeness (QED) is 0.544. The fourth-order valence-electron chi connectivity index (χ4n) is 2.68. The van der Waals surface area contributed by atoms with E-state index in [1.807, 2.05) is 12.3 Å². The van der Waals surface area contributed by atoms with Gasteiger partial charge in [0.15, 0.2) is 0 Å². The summed E-state index contributed by atoms with van der Waals surface area (Å²) in [6, 6.07) is 2.34. The van der Waals surface area contributed by atoms with Crippen LogP contribution in [0.2, 0.25) is 0 Å². The van der Waals surface area contributed by atoms with Crippen LogP contribution in [0.25, 0.3) is 0 Å². The number of thiazole rings is 1. The van der Waals surface area contributed by atoms with Gasteiger partial charge < -0.3 is 4.74 Å². The van der Waals surface area contributed by atoms with Crippen LogP contribution in [0.5, 0.6) is 0 Å². The number of hydrogen-bond acceptors (Lipinski definition) is 7. The smallest absolute Gasteiger partial charge is 0.273 e. The van der Waals surface area contributed by atoms with Gasteiger partial charge in [0.2, 0.25) is 10.0 Å². The molecule has 1 atom stereocenters. The van der Waals surface area contributed by atoms with Gasteiger partial charge in [-0.05, 0) is 19.4 Å². The molecule has 2 aromatic rings. The van der Waals surface area contributed by atoms with Gasteiger partial charge in [-0.2, -0.15) is 4.31 Å². The van der Waals surface area contributed by atoms with Gasteiger partial charge >= 0.3 is 0 Å². The van der Waals surface area contributed by atoms with Crippen LogP contribution >= 0.6 is 11.3 Å². The normalized spacial score (nSPS) is 18.3. The van der Waals surface area contributed by atoms with Crippen LogP contribution in [0.1, 0.15) is 17.1 Å². The van der Waals surface area contributed by atoms with E-state index in [0.717, 1.165) is 27.1 Å². The second-order valence-electron chi connectivity index (χ2n) is 5.84. The molecule has 1 unspecified atom stereocenters. The lowest BCUT2D eigenvalue weighted by Crippen LogP contribution is -2.30. The number of sulfonamides is 1. The lowest BCUT2D eigenvalue weighted by molar-refractivity contribution is -0.385. The Morgan fingerprint density at radius 2 is 2.23 bits per heavy atom. The van der Waals surface area contributed by atoms with Crippen molar-refractivity contribution < 1.29 is 22.5 Å². The van der Waals surface area contributed by atoms with Gasteiger partial charge in [0.25, 0.3) is 5.69 Å². The maximum atomic E-state index is 13.6. The maximum Gasteiger partial charge on any atom is 0.273 e. The number of rotatable bonds is 6. The number of nitro benzene ring substituents is 1. The summed E-state index contributed by atoms with van der Waals surface area (Å²) in [5, 5.41) is 13.6. The predicted octanol–water partition coefficient (Wildman–Crippen LogP) is 2.48. The number of ether oxygens (including phenoxy) is 1. The minimum Gasteiger partial charge on any atom is -0.370 e. The molecule has 1 aromatic heterocycles. The summed E-state index contributed by atoms with van der Waals surface area (Å²) >= 11 is 1.51. The highest BCUT2D eigenvalue weighted by molar-refractivity contribution is 7.89. The van der Waals surface area contributed by atoms with E-state index >= 15 is 0 Å². The minimum atomic E-state index is -4.03. The molecule has 0 amide bonds. The molecule has 0 spiro atoms. The Hall–Kier alpha value is -1.95. The molecule has 1 aliphatic heterocycles. The number of aryl methyl sites for hydroxylation is 1. The summed E-state index contributed by atoms with van der Waals surface area (Å²) in [6.45, 7) is 2.48. The van der Waals surface area contributed by atoms with Gasteiger partial charge in [-0.15, -0.1) is 11.3 Å². The molecule has 8 nitrogen and oxygen atoms in total. The molecule has 11 heteroatoms. The summed E-state index contributed by atoms with van der Waals surface area (Å²) in [5.74, 6) is -0.969. The monoisotopic (exact) mass is 401 g/mol. The molecule has 0 N–H and O–H groups in total. The molecule has 140 valence electrons. The molecular weight excluding hydrogens is 385 g/mol. The highest BCUT2D eigenvalue weighted by atomic mass is 32.2. The van der Waals surface area contributed by atoms with E-state index in [1.165, 1.54) is 11.3 Å². The van der Waals surface area contributed by atoms with Crippen molar-refractivity contribution >= 4 is 27.0 Å². The Morgan fingerprint density at radius 3 is 2.88 bits per heavy atom. The van der Waals surface area contributed by atoms with E-state index in [2.05, 4.69) is 4.98 Å². The first kappa shape index (κ1) is 18.8. The average Bonchev–Trinajstić information content (AvgIpc) is 3.21. The lowest BCUT2D eigenvalue weighted by Gasteiger charge is -2.16. The van der Waals surface area contributed by atoms with Crippen molar-refractivity contribution in [2.24, 2.45) is 0 Å². The molecule has 3 rings (SSSR count). The molecule has 0 bridgehead atoms. The first-order chi connectivity index (χ1) is 12.3. The number of nitro groups is 1. The van der Waals surface area contributed by atoms with Gasteiger partial charge in [0.05, 0.1) is 39.3 Å². The van der Waals surface area contributed by atoms with Crippen molar-refractivity contribution in [2.45, 2.75) is 31.0 Å². The number of nitrogens with zero attached hydrogens (tertiary/aromatic N) is 3. The second kappa shape index (κ2) is 7.35. The number of hydrogen-bond donors (Lipinski definition) is 0. The Bertz CT molecular complexity index is 931. The topological polar surface area (TPSA) is 103 Å². The third-order valence-corrected chi connectivity index (χ3v) is 6.61. The number of benzene rings is 1. The van der Waals surface area contributed by atoms with E-state index in [-0.39, 0.29) is 25.8 Å². The van der Waals surface area contributed by atoms with E-state index in [0.29, 0.717) is 12.5 Å². The zero-order valence-electron chi connectivity index (χ0n) is 13.8. The van der Waals surface area contributed by atoms with Crippen molar-refractivity contribution in [2.75, 3.05) is 13.1 Å². The largest absolute Gasteiger partial charge is 0.370 e. The summed E-state index contributed by atoms with van der Waals surface area (Å²) in [5.41, 5.74) is 0.184. The van der Waals surface area contributed by atoms with Gasteiger partial charge in [-0.3, -0.25) is 10.1 Å². The number of non-ortho nitro benzene ring substituents is 1. The Balaban J connectivity index is 1.70. The van der Waals surface area contributed by atoms with Gasteiger partial charge in [-0.1, -0.05) is 0 Å². The number of halogens is 1. The second-order valence-corrected chi connectivity index (χ2v) is 8.85. The standard InChI is InChI=1S/C15H16FN3O5S2/c1-10-17-12(9-25-10)8-24-14-2-3-18(7-14)26(22,23)15-5-11(16)4-13(6-15)19(20)21/h4-6,9,14H,2-3,7-8H2,1H3. The van der Waals surface area contributed by atoms with Crippen molar-refractivity contribution in [1.29, 1.82) is 0 Å². The molecule has 0 aliphatic carbocycles. The van der Waals surface area contributed by atoms with Crippen molar-refractivity contribution in [1.82, 2.24) is 9.29 Å². The van der Waals surface area contributed by atoms with Crippen LogP contribution in [-0.4, -0.2) is 41.8 Å². The minimum absolute atomic E-state index is 0.107. The first-order valence-corrected chi connectivity index (χ1v) is 10.1. The van der Waals surface area contributed by atoms with E-state index in [4.69, 9.17) is 4.74 Å². The number of aromatic nitrogens is 1. The molecule has 0 radical (unpaired) electrons. The average molecular weight is 401 g/mol. The molecule has 26 heavy (non-hydrogen) atoms. The van der Waals surface area contributed by atoms with Crippen molar-refractivity contribution in [3.8, 4) is 0 Å². The molecule has 1 saturated heterocycles. The van der Waals surface area contributed by atoms with Gasteiger partial charge in [0.1, 0.15) is 5.82 Å². The molecule has 0 saturated carbocycles. The van der Waals surface area contributed by atoms with Crippen LogP contribution in [-0.2, 0) is 21.4 Å². The third-order valence-electron chi connectivity index (χ3n) is 3.95. The van der Waals surface area contributed by atoms with Crippen molar-refractivity contribution in [3.63, 3.8) is 0 Å². The van der Waals surface area contributed by atoms with Crippen molar-refractivity contribution in [3.05, 3.63) is 50.2 Å². The van der Waals surface area contributed by atoms with Crippen LogP contribution in [0.15, 0.2) is 28.5 Å². The van der Waals surface area contributed by atoms with E-state index in [1.54, 1.807) is 0 Å². The summed E-state index contributed by atoms with van der Waals surface area (Å²) in [4.78, 5) is 13.9. The Kier molecular flexibility index (Phi) is 5.32. The molecular formula is C15H16FN3O5S2. The molecule has 1 aromatic carbocycles. The van der Waals surface area contributed by atoms with Crippen LogP contribution < -0.4 is 0 Å². The van der Waals surface area contributed by atoms with E-state index in [9.17, 15) is 22.9 Å². The van der Waals surface area contributed by atoms with Gasteiger partial charge in [0, 0.05) is 24.5 Å². The molecule has 1 aliphatic rings. The first-order valence-electron chi connectivity index (χ1n) is 7.73. The maximum absolute atomic E-state index is 13.6. The van der Waals surface area contributed by atoms with Gasteiger partial charge in [-0.25, -0.2) is 17.8 Å². The fourth-order valence-corrected chi connectivity index (χ4v) is 4.82. The zero-order valence-corrected chi connectivity index (χ0v) is 15.4. The van der Waals surface area contributed by atoms with Crippen LogP contribution in [0, 0.1) is 22.9 Å².